The van der Waals surface area contributed by atoms with E-state index in [4.69, 9.17) is 22.3 Å². The van der Waals surface area contributed by atoms with Crippen molar-refractivity contribution in [2.45, 2.75) is 45.2 Å². The highest BCUT2D eigenvalue weighted by Gasteiger charge is 2.23. The van der Waals surface area contributed by atoms with Gasteiger partial charge in [0.15, 0.2) is 5.96 Å². The summed E-state index contributed by atoms with van der Waals surface area (Å²) in [6.07, 6.45) is 1.20. The van der Waals surface area contributed by atoms with Crippen LogP contribution in [-0.2, 0) is 9.59 Å². The molecule has 0 aromatic carbocycles. The van der Waals surface area contributed by atoms with Gasteiger partial charge in [-0.1, -0.05) is 13.8 Å². The SMILES string of the molecule is CC(C)CC(N)C(=O)N[C@@H](CCCN=C(N)N)C(=O)O. The molecule has 0 saturated heterocycles. The van der Waals surface area contributed by atoms with Gasteiger partial charge in [-0.15, -0.1) is 0 Å². The number of aliphatic imine (C=N–C) groups is 1. The van der Waals surface area contributed by atoms with Crippen LogP contribution in [0.2, 0.25) is 0 Å². The van der Waals surface area contributed by atoms with Crippen molar-refractivity contribution in [3.63, 3.8) is 0 Å². The summed E-state index contributed by atoms with van der Waals surface area (Å²) in [5, 5.41) is 11.5. The smallest absolute Gasteiger partial charge is 0.326 e. The third-order valence-corrected chi connectivity index (χ3v) is 2.62. The van der Waals surface area contributed by atoms with Gasteiger partial charge in [0.05, 0.1) is 6.04 Å². The summed E-state index contributed by atoms with van der Waals surface area (Å²) in [6.45, 7) is 4.20. The van der Waals surface area contributed by atoms with Crippen molar-refractivity contribution in [3.8, 4) is 0 Å². The maximum absolute atomic E-state index is 11.8. The lowest BCUT2D eigenvalue weighted by Crippen LogP contribution is -2.48. The van der Waals surface area contributed by atoms with E-state index in [1.54, 1.807) is 0 Å². The molecule has 0 radical (unpaired) electrons. The van der Waals surface area contributed by atoms with E-state index in [9.17, 15) is 9.59 Å². The number of carboxylic acid groups (broad SMARTS) is 1. The Labute approximate surface area is 118 Å². The second-order valence-corrected chi connectivity index (χ2v) is 5.08. The number of carbonyl (C=O) groups excluding carboxylic acids is 1. The van der Waals surface area contributed by atoms with Crippen molar-refractivity contribution in [1.82, 2.24) is 5.32 Å². The van der Waals surface area contributed by atoms with Gasteiger partial charge in [-0.2, -0.15) is 0 Å². The van der Waals surface area contributed by atoms with Crippen LogP contribution in [0.25, 0.3) is 0 Å². The maximum Gasteiger partial charge on any atom is 0.326 e. The molecule has 0 fully saturated rings. The molecule has 8 heteroatoms. The fourth-order valence-electron chi connectivity index (χ4n) is 1.65. The van der Waals surface area contributed by atoms with Crippen LogP contribution < -0.4 is 22.5 Å². The first-order valence-electron chi connectivity index (χ1n) is 6.58. The summed E-state index contributed by atoms with van der Waals surface area (Å²) >= 11 is 0. The summed E-state index contributed by atoms with van der Waals surface area (Å²) in [6, 6.07) is -1.68. The number of rotatable bonds is 9. The number of carboxylic acids is 1. The lowest BCUT2D eigenvalue weighted by molar-refractivity contribution is -0.142. The number of amides is 1. The van der Waals surface area contributed by atoms with Crippen molar-refractivity contribution in [2.75, 3.05) is 6.54 Å². The molecular weight excluding hydrogens is 262 g/mol. The highest BCUT2D eigenvalue weighted by atomic mass is 16.4. The molecule has 20 heavy (non-hydrogen) atoms. The molecule has 0 aliphatic carbocycles. The number of aliphatic carboxylic acids is 1. The fourth-order valence-corrected chi connectivity index (χ4v) is 1.65. The van der Waals surface area contributed by atoms with Gasteiger partial charge in [-0.25, -0.2) is 4.79 Å². The van der Waals surface area contributed by atoms with Gasteiger partial charge in [-0.05, 0) is 25.2 Å². The predicted octanol–water partition coefficient (Wildman–Crippen LogP) is -1.02. The van der Waals surface area contributed by atoms with Crippen LogP contribution in [0.4, 0.5) is 0 Å². The normalized spacial score (nSPS) is 13.6. The van der Waals surface area contributed by atoms with Gasteiger partial charge in [-0.3, -0.25) is 9.79 Å². The number of hydrogen-bond donors (Lipinski definition) is 5. The standard InChI is InChI=1S/C12H25N5O3/c1-7(2)6-8(13)10(18)17-9(11(19)20)4-3-5-16-12(14)15/h7-9H,3-6,13H2,1-2H3,(H,17,18)(H,19,20)(H4,14,15,16)/t8?,9-/m0/s1. The lowest BCUT2D eigenvalue weighted by Gasteiger charge is -2.18. The quantitative estimate of drug-likeness (QED) is 0.207. The van der Waals surface area contributed by atoms with Crippen LogP contribution >= 0.6 is 0 Å². The van der Waals surface area contributed by atoms with E-state index in [2.05, 4.69) is 10.3 Å². The van der Waals surface area contributed by atoms with Gasteiger partial charge in [0.25, 0.3) is 0 Å². The van der Waals surface area contributed by atoms with E-state index >= 15 is 0 Å². The van der Waals surface area contributed by atoms with Crippen molar-refractivity contribution in [3.05, 3.63) is 0 Å². The first-order valence-corrected chi connectivity index (χ1v) is 6.58. The molecule has 2 atom stereocenters. The van der Waals surface area contributed by atoms with E-state index in [1.165, 1.54) is 0 Å². The van der Waals surface area contributed by atoms with Crippen LogP contribution in [0.15, 0.2) is 4.99 Å². The Morgan fingerprint density at radius 1 is 1.30 bits per heavy atom. The monoisotopic (exact) mass is 287 g/mol. The molecule has 116 valence electrons. The largest absolute Gasteiger partial charge is 0.480 e. The van der Waals surface area contributed by atoms with Gasteiger partial charge >= 0.3 is 5.97 Å². The third kappa shape index (κ3) is 8.30. The molecule has 0 heterocycles. The maximum atomic E-state index is 11.8. The third-order valence-electron chi connectivity index (χ3n) is 2.62. The average Bonchev–Trinajstić information content (AvgIpc) is 2.31. The van der Waals surface area contributed by atoms with Crippen molar-refractivity contribution in [1.29, 1.82) is 0 Å². The minimum Gasteiger partial charge on any atom is -0.480 e. The fraction of sp³-hybridized carbons (Fsp3) is 0.750. The molecule has 1 amide bonds. The molecule has 0 aliphatic heterocycles. The summed E-state index contributed by atoms with van der Waals surface area (Å²) in [4.78, 5) is 26.6. The Kier molecular flexibility index (Phi) is 8.30. The molecule has 0 aromatic rings. The minimum absolute atomic E-state index is 0.0418. The zero-order valence-electron chi connectivity index (χ0n) is 12.0. The molecule has 0 spiro atoms. The molecule has 0 bridgehead atoms. The molecule has 0 saturated carbocycles. The van der Waals surface area contributed by atoms with Crippen molar-refractivity contribution < 1.29 is 14.7 Å². The van der Waals surface area contributed by atoms with Crippen molar-refractivity contribution >= 4 is 17.8 Å². The zero-order valence-corrected chi connectivity index (χ0v) is 12.0. The summed E-state index contributed by atoms with van der Waals surface area (Å²) in [5.74, 6) is -1.33. The van der Waals surface area contributed by atoms with Gasteiger partial charge in [0.1, 0.15) is 6.04 Å². The van der Waals surface area contributed by atoms with Crippen LogP contribution in [-0.4, -0.2) is 41.6 Å². The lowest BCUT2D eigenvalue weighted by atomic mass is 10.0. The number of carbonyl (C=O) groups is 2. The zero-order chi connectivity index (χ0) is 15.7. The number of nitrogens with two attached hydrogens (primary N) is 3. The average molecular weight is 287 g/mol. The topological polar surface area (TPSA) is 157 Å². The molecule has 8 nitrogen and oxygen atoms in total. The number of nitrogens with zero attached hydrogens (tertiary/aromatic N) is 1. The number of nitrogens with one attached hydrogen (secondary N) is 1. The van der Waals surface area contributed by atoms with E-state index in [-0.39, 0.29) is 18.3 Å². The summed E-state index contributed by atoms with van der Waals surface area (Å²) < 4.78 is 0. The van der Waals surface area contributed by atoms with Crippen LogP contribution in [0.3, 0.4) is 0 Å². The molecule has 0 aromatic heterocycles. The number of hydrogen-bond acceptors (Lipinski definition) is 4. The highest BCUT2D eigenvalue weighted by molar-refractivity contribution is 5.86. The Bertz CT molecular complexity index is 353. The van der Waals surface area contributed by atoms with Gasteiger partial charge < -0.3 is 27.6 Å². The second kappa shape index (κ2) is 9.13. The molecule has 0 rings (SSSR count). The highest BCUT2D eigenvalue weighted by Crippen LogP contribution is 2.04. The van der Waals surface area contributed by atoms with E-state index < -0.39 is 24.0 Å². The number of guanidine groups is 1. The molecular formula is C12H25N5O3. The molecule has 0 aliphatic rings. The first-order chi connectivity index (χ1) is 9.23. The summed E-state index contributed by atoms with van der Waals surface area (Å²) in [5.41, 5.74) is 16.0. The van der Waals surface area contributed by atoms with Crippen molar-refractivity contribution in [2.24, 2.45) is 28.1 Å². The van der Waals surface area contributed by atoms with E-state index in [0.29, 0.717) is 19.4 Å². The Morgan fingerprint density at radius 3 is 2.35 bits per heavy atom. The minimum atomic E-state index is -1.10. The predicted molar refractivity (Wildman–Crippen MR) is 76.9 cm³/mol. The van der Waals surface area contributed by atoms with E-state index in [0.717, 1.165) is 0 Å². The van der Waals surface area contributed by atoms with Gasteiger partial charge in [0.2, 0.25) is 5.91 Å². The van der Waals surface area contributed by atoms with Crippen LogP contribution in [0.1, 0.15) is 33.1 Å². The Balaban J connectivity index is 4.30. The second-order valence-electron chi connectivity index (χ2n) is 5.08. The molecule has 1 unspecified atom stereocenters. The van der Waals surface area contributed by atoms with Crippen LogP contribution in [0, 0.1) is 5.92 Å². The first kappa shape index (κ1) is 18.2. The Hall–Kier alpha value is -1.83. The summed E-state index contributed by atoms with van der Waals surface area (Å²) in [7, 11) is 0. The Morgan fingerprint density at radius 2 is 1.90 bits per heavy atom. The van der Waals surface area contributed by atoms with Gasteiger partial charge in [0, 0.05) is 6.54 Å². The van der Waals surface area contributed by atoms with E-state index in [1.807, 2.05) is 13.8 Å². The molecule has 8 N–H and O–H groups in total. The van der Waals surface area contributed by atoms with Crippen LogP contribution in [0.5, 0.6) is 0 Å².